The molecule has 0 saturated heterocycles. The molecule has 0 aromatic heterocycles. The van der Waals surface area contributed by atoms with E-state index in [0.29, 0.717) is 7.25 Å². The fraction of sp³-hybridized carbons (Fsp3) is 0.333. The van der Waals surface area contributed by atoms with Gasteiger partial charge in [-0.25, -0.2) is 0 Å². The zero-order valence-corrected chi connectivity index (χ0v) is 31.7. The van der Waals surface area contributed by atoms with Gasteiger partial charge in [0.2, 0.25) is 0 Å². The van der Waals surface area contributed by atoms with E-state index in [0.717, 1.165) is 0 Å². The summed E-state index contributed by atoms with van der Waals surface area (Å²) in [5.41, 5.74) is 18.6. The Morgan fingerprint density at radius 1 is 0.523 bits per heavy atom. The number of rotatable bonds is 2. The molecule has 2 unspecified atom stereocenters. The number of hydrogen-bond acceptors (Lipinski definition) is 0. The van der Waals surface area contributed by atoms with Crippen LogP contribution < -0.4 is 0 Å². The molecule has 1 heterocycles. The summed E-state index contributed by atoms with van der Waals surface area (Å²) >= 11 is -0.913. The fourth-order valence-corrected chi connectivity index (χ4v) is 18.3. The van der Waals surface area contributed by atoms with Gasteiger partial charge in [-0.3, -0.25) is 0 Å². The Hall–Kier alpha value is -2.54. The predicted molar refractivity (Wildman–Crippen MR) is 189 cm³/mol. The summed E-state index contributed by atoms with van der Waals surface area (Å²) in [6.45, 7) is 24.2. The third-order valence-electron chi connectivity index (χ3n) is 10.7. The average Bonchev–Trinajstić information content (AvgIpc) is 3.44. The Kier molecular flexibility index (Phi) is 7.01. The van der Waals surface area contributed by atoms with Gasteiger partial charge in [0.15, 0.2) is 0 Å². The third kappa shape index (κ3) is 4.53. The maximum absolute atomic E-state index is 2.66. The van der Waals surface area contributed by atoms with Gasteiger partial charge in [0, 0.05) is 0 Å². The van der Waals surface area contributed by atoms with Crippen LogP contribution in [0.1, 0.15) is 96.0 Å². The van der Waals surface area contributed by atoms with Crippen molar-refractivity contribution in [2.45, 2.75) is 86.6 Å². The van der Waals surface area contributed by atoms with Gasteiger partial charge in [-0.15, -0.1) is 0 Å². The van der Waals surface area contributed by atoms with E-state index < -0.39 is 31.3 Å². The Labute approximate surface area is 278 Å². The van der Waals surface area contributed by atoms with E-state index in [2.05, 4.69) is 153 Å². The average molecular weight is 670 g/mol. The first-order chi connectivity index (χ1) is 20.7. The summed E-state index contributed by atoms with van der Waals surface area (Å²) in [4.78, 5) is 0. The molecule has 44 heavy (non-hydrogen) atoms. The van der Waals surface area contributed by atoms with Crippen molar-refractivity contribution in [1.82, 2.24) is 0 Å². The van der Waals surface area contributed by atoms with Gasteiger partial charge in [-0.1, -0.05) is 0 Å². The van der Waals surface area contributed by atoms with E-state index in [-0.39, 0.29) is 10.8 Å². The van der Waals surface area contributed by atoms with Crippen molar-refractivity contribution >= 4 is 18.5 Å². The Balaban J connectivity index is 1.41. The van der Waals surface area contributed by atoms with Crippen LogP contribution in [0.2, 0.25) is 13.1 Å². The second-order valence-electron chi connectivity index (χ2n) is 16.0. The molecule has 1 aliphatic heterocycles. The Bertz CT molecular complexity index is 1730. The second-order valence-corrected chi connectivity index (χ2v) is 23.9. The van der Waals surface area contributed by atoms with Gasteiger partial charge in [0.25, 0.3) is 0 Å². The standard InChI is InChI=1S/C42H46Si.Zr/c1-27-25-31-13-11-15-35(29-17-21-33(22-18-29)41(3,4)5)37(31)39(27)43(9,10)40-28(2)26-32-14-12-16-36(38(32)40)30-19-23-34(24-20-30)42(6,7)8;/h11-26H,1-10H3;. The molecule has 0 saturated carbocycles. The van der Waals surface area contributed by atoms with Crippen molar-refractivity contribution in [2.75, 3.05) is 0 Å². The molecule has 3 aliphatic rings. The van der Waals surface area contributed by atoms with E-state index in [4.69, 9.17) is 0 Å². The molecule has 4 aromatic carbocycles. The van der Waals surface area contributed by atoms with Crippen LogP contribution >= 0.6 is 0 Å². The molecular weight excluding hydrogens is 624 g/mol. The van der Waals surface area contributed by atoms with Crippen molar-refractivity contribution in [1.29, 1.82) is 0 Å². The van der Waals surface area contributed by atoms with Crippen LogP contribution in [0.3, 0.4) is 0 Å². The minimum atomic E-state index is -2.10. The van der Waals surface area contributed by atoms with Crippen LogP contribution in [0.5, 0.6) is 0 Å². The number of benzene rings is 4. The van der Waals surface area contributed by atoms with Crippen LogP contribution in [-0.4, -0.2) is 8.07 Å². The monoisotopic (exact) mass is 668 g/mol. The zero-order chi connectivity index (χ0) is 31.3. The van der Waals surface area contributed by atoms with Gasteiger partial charge >= 0.3 is 280 Å². The van der Waals surface area contributed by atoms with Gasteiger partial charge in [0.05, 0.1) is 0 Å². The molecule has 2 atom stereocenters. The molecule has 0 spiro atoms. The summed E-state index contributed by atoms with van der Waals surface area (Å²) in [5, 5.41) is 3.46. The van der Waals surface area contributed by atoms with E-state index in [1.165, 1.54) is 33.4 Å². The van der Waals surface area contributed by atoms with Crippen molar-refractivity contribution in [3.05, 3.63) is 129 Å². The van der Waals surface area contributed by atoms with Gasteiger partial charge in [-0.2, -0.15) is 0 Å². The van der Waals surface area contributed by atoms with Crippen LogP contribution in [0.4, 0.5) is 0 Å². The maximum atomic E-state index is 2.66. The van der Waals surface area contributed by atoms with E-state index in [1.807, 2.05) is 0 Å². The molecule has 0 N–H and O–H groups in total. The molecular formula is C42H46SiZr. The minimum absolute atomic E-state index is 0.159. The molecule has 0 fully saturated rings. The van der Waals surface area contributed by atoms with Gasteiger partial charge < -0.3 is 0 Å². The van der Waals surface area contributed by atoms with E-state index in [9.17, 15) is 0 Å². The molecule has 2 aliphatic carbocycles. The SMILES string of the molecule is CC1=C2c3c(-c4ccc(C(C)(C)C)cc4)cccc3[CH]1[Zr][CH]1C(C)=C(c3c(-c4ccc(C(C)(C)C)cc4)cccc31)[Si]2(C)C. The third-order valence-corrected chi connectivity index (χ3v) is 19.8. The molecule has 0 radical (unpaired) electrons. The van der Waals surface area contributed by atoms with E-state index >= 15 is 0 Å². The molecule has 222 valence electrons. The molecule has 2 heteroatoms. The van der Waals surface area contributed by atoms with Gasteiger partial charge in [-0.05, 0) is 0 Å². The second kappa shape index (κ2) is 10.2. The topological polar surface area (TPSA) is 0 Å². The van der Waals surface area contributed by atoms with Crippen LogP contribution in [0.15, 0.2) is 96.1 Å². The zero-order valence-electron chi connectivity index (χ0n) is 28.2. The van der Waals surface area contributed by atoms with Gasteiger partial charge in [0.1, 0.15) is 0 Å². The van der Waals surface area contributed by atoms with Crippen molar-refractivity contribution < 1.29 is 23.2 Å². The fourth-order valence-electron chi connectivity index (χ4n) is 8.44. The van der Waals surface area contributed by atoms with Crippen LogP contribution in [0, 0.1) is 0 Å². The summed E-state index contributed by atoms with van der Waals surface area (Å²) in [7, 11) is -2.10. The summed E-state index contributed by atoms with van der Waals surface area (Å²) < 4.78 is 1.29. The number of hydrogen-bond donors (Lipinski definition) is 0. The summed E-state index contributed by atoms with van der Waals surface area (Å²) in [6, 6.07) is 33.4. The van der Waals surface area contributed by atoms with Crippen LogP contribution in [-0.2, 0) is 34.1 Å². The van der Waals surface area contributed by atoms with Crippen LogP contribution in [0.25, 0.3) is 32.6 Å². The number of allylic oxidation sites excluding steroid dienone is 2. The summed E-state index contributed by atoms with van der Waals surface area (Å²) in [5.74, 6) is 0. The molecule has 4 aromatic rings. The molecule has 4 bridgehead atoms. The summed E-state index contributed by atoms with van der Waals surface area (Å²) in [6.07, 6.45) is 0. The first kappa shape index (κ1) is 30.1. The van der Waals surface area contributed by atoms with Crippen molar-refractivity contribution in [3.63, 3.8) is 0 Å². The molecule has 0 amide bonds. The quantitative estimate of drug-likeness (QED) is 0.186. The predicted octanol–water partition coefficient (Wildman–Crippen LogP) is 11.9. The number of fused-ring (bicyclic) bond motifs is 8. The van der Waals surface area contributed by atoms with Crippen molar-refractivity contribution in [3.8, 4) is 22.3 Å². The first-order valence-electron chi connectivity index (χ1n) is 16.4. The van der Waals surface area contributed by atoms with Crippen molar-refractivity contribution in [2.24, 2.45) is 0 Å². The normalized spacial score (nSPS) is 20.2. The first-order valence-corrected chi connectivity index (χ1v) is 22.2. The Morgan fingerprint density at radius 3 is 1.23 bits per heavy atom. The van der Waals surface area contributed by atoms with E-state index in [1.54, 1.807) is 43.8 Å². The molecule has 0 nitrogen and oxygen atoms in total. The molecule has 7 rings (SSSR count). The Morgan fingerprint density at radius 2 is 0.886 bits per heavy atom.